The third kappa shape index (κ3) is 9.99. The van der Waals surface area contributed by atoms with Crippen LogP contribution in [0.2, 0.25) is 0 Å². The van der Waals surface area contributed by atoms with Crippen LogP contribution in [0.15, 0.2) is 66.7 Å². The van der Waals surface area contributed by atoms with E-state index in [0.717, 1.165) is 54.2 Å². The molecule has 0 spiro atoms. The highest BCUT2D eigenvalue weighted by Gasteiger charge is 2.24. The molecule has 0 bridgehead atoms. The van der Waals surface area contributed by atoms with Gasteiger partial charge in [-0.05, 0) is 97.0 Å². The molecule has 228 valence electrons. The van der Waals surface area contributed by atoms with Gasteiger partial charge >= 0.3 is 5.97 Å². The molecule has 3 aromatic carbocycles. The van der Waals surface area contributed by atoms with Crippen LogP contribution in [0, 0.1) is 17.2 Å². The van der Waals surface area contributed by atoms with Crippen molar-refractivity contribution in [3.05, 3.63) is 83.4 Å². The predicted octanol–water partition coefficient (Wildman–Crippen LogP) is 11.0. The van der Waals surface area contributed by atoms with Crippen LogP contribution in [0.25, 0.3) is 11.1 Å². The lowest BCUT2D eigenvalue weighted by Crippen LogP contribution is -2.15. The fourth-order valence-corrected chi connectivity index (χ4v) is 6.28. The molecule has 1 fully saturated rings. The van der Waals surface area contributed by atoms with Crippen molar-refractivity contribution in [3.63, 3.8) is 0 Å². The number of nitrogens with zero attached hydrogens (tertiary/aromatic N) is 1. The molecule has 0 N–H and O–H groups in total. The smallest absolute Gasteiger partial charge is 0.343 e. The van der Waals surface area contributed by atoms with E-state index in [9.17, 15) is 10.1 Å². The summed E-state index contributed by atoms with van der Waals surface area (Å²) in [7, 11) is 0. The maximum atomic E-state index is 13.0. The van der Waals surface area contributed by atoms with E-state index in [1.807, 2.05) is 48.5 Å². The maximum absolute atomic E-state index is 13.0. The Bertz CT molecular complexity index is 1300. The van der Waals surface area contributed by atoms with Gasteiger partial charge in [0.2, 0.25) is 0 Å². The first-order chi connectivity index (χ1) is 21.1. The molecule has 3 aromatic rings. The molecule has 0 heterocycles. The normalized spacial score (nSPS) is 16.4. The lowest BCUT2D eigenvalue weighted by Gasteiger charge is -2.29. The Morgan fingerprint density at radius 3 is 1.98 bits per heavy atom. The van der Waals surface area contributed by atoms with Gasteiger partial charge in [0.25, 0.3) is 0 Å². The molecule has 1 saturated carbocycles. The highest BCUT2D eigenvalue weighted by Crippen LogP contribution is 2.39. The van der Waals surface area contributed by atoms with Gasteiger partial charge in [-0.1, -0.05) is 102 Å². The van der Waals surface area contributed by atoms with Gasteiger partial charge in [-0.3, -0.25) is 0 Å². The Hall–Kier alpha value is -3.58. The van der Waals surface area contributed by atoms with Crippen LogP contribution in [-0.4, -0.2) is 12.6 Å². The summed E-state index contributed by atoms with van der Waals surface area (Å²) < 4.78 is 11.5. The number of hydrogen-bond donors (Lipinski definition) is 0. The zero-order valence-corrected chi connectivity index (χ0v) is 26.3. The SMILES string of the molecule is CCCCCCCC1CCC(c2ccc(C(=O)Oc3ccc(-c4ccc(OCCCCCC)cc4)cc3)cc2C#N)CC1. The molecule has 1 aliphatic carbocycles. The molecule has 4 heteroatoms. The van der Waals surface area contributed by atoms with Gasteiger partial charge in [0.15, 0.2) is 0 Å². The summed E-state index contributed by atoms with van der Waals surface area (Å²) >= 11 is 0. The molecule has 0 radical (unpaired) electrons. The second-order valence-electron chi connectivity index (χ2n) is 12.2. The predicted molar refractivity (Wildman–Crippen MR) is 176 cm³/mol. The van der Waals surface area contributed by atoms with Crippen molar-refractivity contribution >= 4 is 5.97 Å². The van der Waals surface area contributed by atoms with Crippen molar-refractivity contribution < 1.29 is 14.3 Å². The summed E-state index contributed by atoms with van der Waals surface area (Å²) in [6.45, 7) is 5.22. The van der Waals surface area contributed by atoms with Gasteiger partial charge in [-0.15, -0.1) is 0 Å². The average molecular weight is 580 g/mol. The van der Waals surface area contributed by atoms with Gasteiger partial charge in [0.1, 0.15) is 11.5 Å². The fraction of sp³-hybridized carbons (Fsp3) is 0.487. The van der Waals surface area contributed by atoms with E-state index in [2.05, 4.69) is 32.0 Å². The number of ether oxygens (including phenoxy) is 2. The Labute approximate surface area is 259 Å². The first-order valence-electron chi connectivity index (χ1n) is 16.7. The van der Waals surface area contributed by atoms with E-state index in [1.54, 1.807) is 6.07 Å². The Kier molecular flexibility index (Phi) is 13.2. The highest BCUT2D eigenvalue weighted by atomic mass is 16.5. The second kappa shape index (κ2) is 17.5. The van der Waals surface area contributed by atoms with Crippen LogP contribution < -0.4 is 9.47 Å². The number of nitriles is 1. The third-order valence-electron chi connectivity index (χ3n) is 8.93. The molecular weight excluding hydrogens is 530 g/mol. The van der Waals surface area contributed by atoms with Crippen molar-refractivity contribution in [3.8, 4) is 28.7 Å². The number of carbonyl (C=O) groups is 1. The number of hydrogen-bond acceptors (Lipinski definition) is 4. The van der Waals surface area contributed by atoms with E-state index in [0.29, 0.717) is 22.8 Å². The number of benzene rings is 3. The van der Waals surface area contributed by atoms with Crippen LogP contribution in [0.3, 0.4) is 0 Å². The monoisotopic (exact) mass is 579 g/mol. The van der Waals surface area contributed by atoms with Crippen LogP contribution in [0.5, 0.6) is 11.5 Å². The first kappa shape index (κ1) is 32.3. The highest BCUT2D eigenvalue weighted by molar-refractivity contribution is 5.91. The maximum Gasteiger partial charge on any atom is 0.343 e. The van der Waals surface area contributed by atoms with Gasteiger partial charge < -0.3 is 9.47 Å². The minimum atomic E-state index is -0.442. The van der Waals surface area contributed by atoms with Crippen LogP contribution in [-0.2, 0) is 0 Å². The minimum Gasteiger partial charge on any atom is -0.494 e. The molecule has 0 unspecified atom stereocenters. The quantitative estimate of drug-likeness (QED) is 0.0962. The van der Waals surface area contributed by atoms with Crippen LogP contribution in [0.4, 0.5) is 0 Å². The van der Waals surface area contributed by atoms with E-state index >= 15 is 0 Å². The zero-order chi connectivity index (χ0) is 30.3. The molecule has 0 aromatic heterocycles. The number of carbonyl (C=O) groups excluding carboxylic acids is 1. The molecule has 43 heavy (non-hydrogen) atoms. The van der Waals surface area contributed by atoms with E-state index in [-0.39, 0.29) is 0 Å². The van der Waals surface area contributed by atoms with Crippen molar-refractivity contribution in [2.24, 2.45) is 5.92 Å². The standard InChI is InChI=1S/C39H49NO3/c1-3-5-7-9-10-12-30-13-15-33(16-14-30)38-26-21-34(28-35(38)29-40)39(41)43-37-24-19-32(20-25-37)31-17-22-36(23-18-31)42-27-11-8-6-4-2/h17-26,28,30,33H,3-16,27H2,1-2H3. The van der Waals surface area contributed by atoms with E-state index < -0.39 is 5.97 Å². The molecule has 0 atom stereocenters. The molecule has 4 rings (SSSR count). The van der Waals surface area contributed by atoms with E-state index in [4.69, 9.17) is 9.47 Å². The lowest BCUT2D eigenvalue weighted by atomic mass is 9.76. The number of esters is 1. The van der Waals surface area contributed by atoms with Gasteiger partial charge in [0, 0.05) is 0 Å². The summed E-state index contributed by atoms with van der Waals surface area (Å²) in [4.78, 5) is 13.0. The van der Waals surface area contributed by atoms with Gasteiger partial charge in [-0.2, -0.15) is 5.26 Å². The summed E-state index contributed by atoms with van der Waals surface area (Å²) in [5, 5.41) is 9.90. The first-order valence-corrected chi connectivity index (χ1v) is 16.7. The molecule has 1 aliphatic rings. The summed E-state index contributed by atoms with van der Waals surface area (Å²) in [5.74, 6) is 2.14. The Balaban J connectivity index is 1.27. The minimum absolute atomic E-state index is 0.398. The van der Waals surface area contributed by atoms with Crippen molar-refractivity contribution in [1.82, 2.24) is 0 Å². The van der Waals surface area contributed by atoms with Crippen LogP contribution in [0.1, 0.15) is 131 Å². The van der Waals surface area contributed by atoms with Gasteiger partial charge in [-0.25, -0.2) is 4.79 Å². The molecule has 0 aliphatic heterocycles. The summed E-state index contributed by atoms with van der Waals surface area (Å²) in [6, 6.07) is 23.5. The topological polar surface area (TPSA) is 59.3 Å². The summed E-state index contributed by atoms with van der Waals surface area (Å²) in [6.07, 6.45) is 17.5. The molecule has 4 nitrogen and oxygen atoms in total. The Morgan fingerprint density at radius 2 is 1.35 bits per heavy atom. The summed E-state index contributed by atoms with van der Waals surface area (Å²) in [5.41, 5.74) is 4.21. The van der Waals surface area contributed by atoms with Crippen LogP contribution >= 0.6 is 0 Å². The Morgan fingerprint density at radius 1 is 0.744 bits per heavy atom. The fourth-order valence-electron chi connectivity index (χ4n) is 6.28. The molecule has 0 saturated heterocycles. The van der Waals surface area contributed by atoms with Gasteiger partial charge in [0.05, 0.1) is 23.8 Å². The number of rotatable bonds is 16. The second-order valence-corrected chi connectivity index (χ2v) is 12.2. The van der Waals surface area contributed by atoms with E-state index in [1.165, 1.54) is 70.6 Å². The average Bonchev–Trinajstić information content (AvgIpc) is 3.05. The van der Waals surface area contributed by atoms with Crippen molar-refractivity contribution in [1.29, 1.82) is 5.26 Å². The molecular formula is C39H49NO3. The van der Waals surface area contributed by atoms with Crippen molar-refractivity contribution in [2.75, 3.05) is 6.61 Å². The van der Waals surface area contributed by atoms with Crippen molar-refractivity contribution in [2.45, 2.75) is 110 Å². The third-order valence-corrected chi connectivity index (χ3v) is 8.93. The number of unbranched alkanes of at least 4 members (excludes halogenated alkanes) is 7. The molecule has 0 amide bonds. The zero-order valence-electron chi connectivity index (χ0n) is 26.3. The lowest BCUT2D eigenvalue weighted by molar-refractivity contribution is 0.0734. The largest absolute Gasteiger partial charge is 0.494 e.